The lowest BCUT2D eigenvalue weighted by Gasteiger charge is -2.44. The summed E-state index contributed by atoms with van der Waals surface area (Å²) in [4.78, 5) is 15.0. The Kier molecular flexibility index (Phi) is 2.36. The monoisotopic (exact) mass is 271 g/mol. The maximum absolute atomic E-state index is 13.0. The Hall–Kier alpha value is -1.61. The van der Waals surface area contributed by atoms with Gasteiger partial charge >= 0.3 is 0 Å². The molecular weight excluding hydrogens is 250 g/mol. The molecule has 1 heterocycles. The number of likely N-dealkylation sites (N-methyl/N-ethyl adjacent to an activating group) is 1. The van der Waals surface area contributed by atoms with Crippen molar-refractivity contribution in [3.8, 4) is 0 Å². The number of anilines is 1. The van der Waals surface area contributed by atoms with Crippen LogP contribution in [-0.4, -0.2) is 23.5 Å². The number of Topliss-reactive ketones (excluding diaryl/α,β-unsaturated/α-hetero) is 1. The van der Waals surface area contributed by atoms with Crippen LogP contribution in [0, 0.1) is 5.41 Å². The first-order valence-electron chi connectivity index (χ1n) is 6.96. The summed E-state index contributed by atoms with van der Waals surface area (Å²) in [6.07, 6.45) is 0.579. The van der Waals surface area contributed by atoms with Gasteiger partial charge in [0.1, 0.15) is 0 Å². The van der Waals surface area contributed by atoms with Crippen LogP contribution in [0.15, 0.2) is 36.4 Å². The van der Waals surface area contributed by atoms with E-state index in [0.717, 1.165) is 11.3 Å². The fraction of sp³-hybridized carbons (Fsp3) is 0.471. The first-order valence-corrected chi connectivity index (χ1v) is 6.96. The van der Waals surface area contributed by atoms with Crippen LogP contribution < -0.4 is 4.90 Å². The molecule has 0 spiro atoms. The van der Waals surface area contributed by atoms with E-state index in [1.165, 1.54) is 0 Å². The molecule has 3 rings (SSSR count). The maximum atomic E-state index is 13.0. The van der Waals surface area contributed by atoms with Gasteiger partial charge in [-0.1, -0.05) is 37.3 Å². The van der Waals surface area contributed by atoms with Crippen molar-refractivity contribution >= 4 is 11.5 Å². The van der Waals surface area contributed by atoms with E-state index < -0.39 is 16.6 Å². The van der Waals surface area contributed by atoms with Gasteiger partial charge in [0.2, 0.25) is 0 Å². The molecule has 1 aliphatic carbocycles. The van der Waals surface area contributed by atoms with Gasteiger partial charge in [0, 0.05) is 23.7 Å². The van der Waals surface area contributed by atoms with Crippen LogP contribution in [0.25, 0.3) is 0 Å². The van der Waals surface area contributed by atoms with Crippen molar-refractivity contribution in [2.24, 2.45) is 5.41 Å². The molecule has 0 unspecified atom stereocenters. The van der Waals surface area contributed by atoms with Gasteiger partial charge in [0.15, 0.2) is 11.4 Å². The number of hydrogen-bond donors (Lipinski definition) is 1. The summed E-state index contributed by atoms with van der Waals surface area (Å²) >= 11 is 0. The fourth-order valence-corrected chi connectivity index (χ4v) is 4.03. The molecule has 1 aromatic rings. The molecule has 2 aliphatic rings. The summed E-state index contributed by atoms with van der Waals surface area (Å²) in [6.45, 7) is 9.82. The Morgan fingerprint density at radius 3 is 2.55 bits per heavy atom. The van der Waals surface area contributed by atoms with E-state index in [1.54, 1.807) is 0 Å². The number of para-hydroxylation sites is 1. The molecule has 1 aromatic carbocycles. The van der Waals surface area contributed by atoms with Crippen molar-refractivity contribution in [2.75, 3.05) is 11.9 Å². The molecule has 0 aromatic heterocycles. The molecule has 20 heavy (non-hydrogen) atoms. The molecule has 3 heteroatoms. The molecule has 0 amide bonds. The van der Waals surface area contributed by atoms with Crippen molar-refractivity contribution in [3.63, 3.8) is 0 Å². The van der Waals surface area contributed by atoms with Gasteiger partial charge < -0.3 is 10.0 Å². The maximum Gasteiger partial charge on any atom is 0.195 e. The van der Waals surface area contributed by atoms with E-state index in [9.17, 15) is 9.90 Å². The van der Waals surface area contributed by atoms with Crippen molar-refractivity contribution in [1.29, 1.82) is 0 Å². The molecule has 3 atom stereocenters. The normalized spacial score (nSPS) is 38.9. The first-order chi connectivity index (χ1) is 9.19. The molecule has 1 saturated carbocycles. The number of benzene rings is 1. The number of carbonyl (C=O) groups is 1. The predicted molar refractivity (Wildman–Crippen MR) is 79.7 cm³/mol. The third-order valence-electron chi connectivity index (χ3n) is 5.65. The topological polar surface area (TPSA) is 40.5 Å². The van der Waals surface area contributed by atoms with Crippen LogP contribution >= 0.6 is 0 Å². The zero-order chi connectivity index (χ0) is 14.9. The summed E-state index contributed by atoms with van der Waals surface area (Å²) in [5, 5.41) is 11.4. The molecule has 1 aliphatic heterocycles. The zero-order valence-corrected chi connectivity index (χ0v) is 12.5. The van der Waals surface area contributed by atoms with Gasteiger partial charge in [0.25, 0.3) is 0 Å². The smallest absolute Gasteiger partial charge is 0.195 e. The Labute approximate surface area is 119 Å². The quantitative estimate of drug-likeness (QED) is 0.798. The average Bonchev–Trinajstić information content (AvgIpc) is 2.55. The second-order valence-electron chi connectivity index (χ2n) is 6.68. The van der Waals surface area contributed by atoms with Gasteiger partial charge in [-0.15, -0.1) is 0 Å². The minimum Gasteiger partial charge on any atom is -0.376 e. The van der Waals surface area contributed by atoms with Crippen LogP contribution in [0.3, 0.4) is 0 Å². The van der Waals surface area contributed by atoms with Crippen molar-refractivity contribution in [2.45, 2.75) is 38.3 Å². The predicted octanol–water partition coefficient (Wildman–Crippen LogP) is 2.64. The molecule has 1 N–H and O–H groups in total. The van der Waals surface area contributed by atoms with E-state index in [0.29, 0.717) is 12.0 Å². The average molecular weight is 271 g/mol. The highest BCUT2D eigenvalue weighted by Gasteiger charge is 2.71. The zero-order valence-electron chi connectivity index (χ0n) is 12.5. The molecule has 0 radical (unpaired) electrons. The number of fused-ring (bicyclic) bond motifs is 4. The number of nitrogens with zero attached hydrogens (tertiary/aromatic N) is 1. The molecule has 2 bridgehead atoms. The van der Waals surface area contributed by atoms with Crippen LogP contribution in [0.4, 0.5) is 5.69 Å². The largest absolute Gasteiger partial charge is 0.376 e. The standard InChI is InChI=1S/C17H21NO2/c1-11(2)15(3)10-16(4)14(19)17(15,20)12-8-6-7-9-13(12)18(16)5/h6-9,20H,1,10H2,2-5H3/t15-,16-,17+/m0/s1. The lowest BCUT2D eigenvalue weighted by molar-refractivity contribution is -0.145. The number of carbonyl (C=O) groups excluding carboxylic acids is 1. The van der Waals surface area contributed by atoms with Crippen LogP contribution in [0.5, 0.6) is 0 Å². The van der Waals surface area contributed by atoms with Gasteiger partial charge in [0.05, 0.1) is 5.54 Å². The van der Waals surface area contributed by atoms with Crippen molar-refractivity contribution in [3.05, 3.63) is 42.0 Å². The molecular formula is C17H21NO2. The van der Waals surface area contributed by atoms with E-state index in [1.807, 2.05) is 57.0 Å². The lowest BCUT2D eigenvalue weighted by atomic mass is 9.67. The minimum atomic E-state index is -1.48. The lowest BCUT2D eigenvalue weighted by Crippen LogP contribution is -2.57. The third-order valence-corrected chi connectivity index (χ3v) is 5.65. The van der Waals surface area contributed by atoms with Crippen LogP contribution in [0.2, 0.25) is 0 Å². The number of hydrogen-bond acceptors (Lipinski definition) is 3. The molecule has 1 fully saturated rings. The summed E-state index contributed by atoms with van der Waals surface area (Å²) in [5.74, 6) is -0.114. The number of rotatable bonds is 1. The minimum absolute atomic E-state index is 0.114. The van der Waals surface area contributed by atoms with E-state index in [-0.39, 0.29) is 5.78 Å². The summed E-state index contributed by atoms with van der Waals surface area (Å²) in [6, 6.07) is 7.64. The van der Waals surface area contributed by atoms with Crippen molar-refractivity contribution < 1.29 is 9.90 Å². The summed E-state index contributed by atoms with van der Waals surface area (Å²) in [7, 11) is 1.93. The van der Waals surface area contributed by atoms with Gasteiger partial charge in [-0.25, -0.2) is 0 Å². The second-order valence-corrected chi connectivity index (χ2v) is 6.68. The van der Waals surface area contributed by atoms with Gasteiger partial charge in [-0.2, -0.15) is 0 Å². The summed E-state index contributed by atoms with van der Waals surface area (Å²) < 4.78 is 0. The van der Waals surface area contributed by atoms with Gasteiger partial charge in [-0.05, 0) is 26.3 Å². The molecule has 0 saturated heterocycles. The summed E-state index contributed by atoms with van der Waals surface area (Å²) in [5.41, 5.74) is -0.315. The Bertz CT molecular complexity index is 638. The van der Waals surface area contributed by atoms with E-state index in [4.69, 9.17) is 0 Å². The van der Waals surface area contributed by atoms with E-state index >= 15 is 0 Å². The second kappa shape index (κ2) is 3.53. The number of aliphatic hydroxyl groups is 1. The first kappa shape index (κ1) is 13.4. The van der Waals surface area contributed by atoms with Crippen LogP contribution in [0.1, 0.15) is 32.8 Å². The van der Waals surface area contributed by atoms with E-state index in [2.05, 4.69) is 6.58 Å². The Balaban J connectivity index is 2.41. The number of ketones is 1. The fourth-order valence-electron chi connectivity index (χ4n) is 4.03. The highest BCUT2D eigenvalue weighted by Crippen LogP contribution is 2.63. The SMILES string of the molecule is C=C(C)[C@]1(C)C[C@@]2(C)C(=O)[C@]1(O)c1ccccc1N2C. The molecule has 3 nitrogen and oxygen atoms in total. The Morgan fingerprint density at radius 2 is 1.95 bits per heavy atom. The Morgan fingerprint density at radius 1 is 1.35 bits per heavy atom. The van der Waals surface area contributed by atoms with Gasteiger partial charge in [-0.3, -0.25) is 4.79 Å². The highest BCUT2D eigenvalue weighted by atomic mass is 16.3. The highest BCUT2D eigenvalue weighted by molar-refractivity contribution is 6.06. The molecule has 106 valence electrons. The van der Waals surface area contributed by atoms with Crippen molar-refractivity contribution in [1.82, 2.24) is 0 Å². The third kappa shape index (κ3) is 1.14. The van der Waals surface area contributed by atoms with Crippen LogP contribution in [-0.2, 0) is 10.4 Å².